The molecule has 1 heterocycles. The molecule has 0 aliphatic rings. The molecule has 0 spiro atoms. The Hall–Kier alpha value is -0.840. The Morgan fingerprint density at radius 1 is 1.71 bits per heavy atom. The number of hydrogen-bond donors (Lipinski definition) is 0. The number of nitrogens with zero attached hydrogens (tertiary/aromatic N) is 3. The van der Waals surface area contributed by atoms with Crippen molar-refractivity contribution < 1.29 is 4.79 Å². The fraction of sp³-hybridized carbons (Fsp3) is 0.556. The van der Waals surface area contributed by atoms with E-state index in [0.717, 1.165) is 11.0 Å². The summed E-state index contributed by atoms with van der Waals surface area (Å²) in [7, 11) is 3.62. The molecule has 1 amide bonds. The maximum Gasteiger partial charge on any atom is 0.257 e. The van der Waals surface area contributed by atoms with Gasteiger partial charge in [-0.3, -0.25) is 9.48 Å². The van der Waals surface area contributed by atoms with Crippen LogP contribution >= 0.6 is 15.9 Å². The molecule has 1 aromatic rings. The summed E-state index contributed by atoms with van der Waals surface area (Å²) in [6.07, 6.45) is 1.61. The zero-order valence-electron chi connectivity index (χ0n) is 8.62. The summed E-state index contributed by atoms with van der Waals surface area (Å²) in [5, 5.41) is 4.82. The standard InChI is InChI=1S/C9H14BrN3O/c1-7-8(6-11-13(7)3)9(14)12(2)5-4-10/h6H,4-5H2,1-3H3. The molecular weight excluding hydrogens is 246 g/mol. The van der Waals surface area contributed by atoms with Gasteiger partial charge in [0.15, 0.2) is 0 Å². The number of alkyl halides is 1. The van der Waals surface area contributed by atoms with Gasteiger partial charge in [-0.25, -0.2) is 0 Å². The summed E-state index contributed by atoms with van der Waals surface area (Å²) in [4.78, 5) is 13.5. The first kappa shape index (κ1) is 11.2. The first-order valence-electron chi connectivity index (χ1n) is 4.38. The number of carbonyl (C=O) groups excluding carboxylic acids is 1. The van der Waals surface area contributed by atoms with Gasteiger partial charge >= 0.3 is 0 Å². The molecule has 0 unspecified atom stereocenters. The fourth-order valence-corrected chi connectivity index (χ4v) is 1.67. The third-order valence-corrected chi connectivity index (χ3v) is 2.59. The molecule has 0 bridgehead atoms. The van der Waals surface area contributed by atoms with Gasteiger partial charge in [-0.2, -0.15) is 5.10 Å². The zero-order chi connectivity index (χ0) is 10.7. The van der Waals surface area contributed by atoms with Crippen molar-refractivity contribution in [2.75, 3.05) is 18.9 Å². The normalized spacial score (nSPS) is 10.3. The Bertz CT molecular complexity index is 335. The second kappa shape index (κ2) is 4.59. The minimum absolute atomic E-state index is 0.0232. The maximum atomic E-state index is 11.8. The van der Waals surface area contributed by atoms with Gasteiger partial charge in [0.1, 0.15) is 0 Å². The highest BCUT2D eigenvalue weighted by atomic mass is 79.9. The van der Waals surface area contributed by atoms with Gasteiger partial charge in [0, 0.05) is 31.7 Å². The Balaban J connectivity index is 2.84. The van der Waals surface area contributed by atoms with Crippen molar-refractivity contribution in [3.63, 3.8) is 0 Å². The lowest BCUT2D eigenvalue weighted by Gasteiger charge is -2.14. The monoisotopic (exact) mass is 259 g/mol. The van der Waals surface area contributed by atoms with Crippen LogP contribution in [0.5, 0.6) is 0 Å². The van der Waals surface area contributed by atoms with Crippen LogP contribution in [0.1, 0.15) is 16.1 Å². The quantitative estimate of drug-likeness (QED) is 0.766. The SMILES string of the molecule is Cc1c(C(=O)N(C)CCBr)cnn1C. The van der Waals surface area contributed by atoms with E-state index in [-0.39, 0.29) is 5.91 Å². The largest absolute Gasteiger partial charge is 0.341 e. The van der Waals surface area contributed by atoms with Crippen molar-refractivity contribution in [3.05, 3.63) is 17.5 Å². The number of aryl methyl sites for hydroxylation is 1. The van der Waals surface area contributed by atoms with Crippen molar-refractivity contribution in [2.24, 2.45) is 7.05 Å². The van der Waals surface area contributed by atoms with E-state index in [2.05, 4.69) is 21.0 Å². The van der Waals surface area contributed by atoms with Gasteiger partial charge in [0.05, 0.1) is 11.8 Å². The molecular formula is C9H14BrN3O. The van der Waals surface area contributed by atoms with E-state index < -0.39 is 0 Å². The highest BCUT2D eigenvalue weighted by molar-refractivity contribution is 9.09. The summed E-state index contributed by atoms with van der Waals surface area (Å²) in [6.45, 7) is 2.59. The molecule has 1 rings (SSSR count). The van der Waals surface area contributed by atoms with Gasteiger partial charge in [0.2, 0.25) is 0 Å². The first-order valence-corrected chi connectivity index (χ1v) is 5.50. The Morgan fingerprint density at radius 2 is 2.36 bits per heavy atom. The summed E-state index contributed by atoms with van der Waals surface area (Å²) >= 11 is 3.30. The molecule has 14 heavy (non-hydrogen) atoms. The molecule has 0 N–H and O–H groups in total. The van der Waals surface area contributed by atoms with E-state index in [1.54, 1.807) is 22.8 Å². The molecule has 0 aromatic carbocycles. The van der Waals surface area contributed by atoms with E-state index in [0.29, 0.717) is 12.1 Å². The summed E-state index contributed by atoms with van der Waals surface area (Å²) in [5.74, 6) is 0.0232. The minimum Gasteiger partial charge on any atom is -0.341 e. The molecule has 4 nitrogen and oxygen atoms in total. The Labute approximate surface area is 92.0 Å². The molecule has 0 atom stereocenters. The van der Waals surface area contributed by atoms with Crippen LogP contribution in [0.25, 0.3) is 0 Å². The van der Waals surface area contributed by atoms with Crippen LogP contribution in [0.2, 0.25) is 0 Å². The highest BCUT2D eigenvalue weighted by Crippen LogP contribution is 2.08. The fourth-order valence-electron chi connectivity index (χ4n) is 1.14. The summed E-state index contributed by atoms with van der Waals surface area (Å²) in [5.41, 5.74) is 1.58. The third kappa shape index (κ3) is 2.15. The van der Waals surface area contributed by atoms with Crippen LogP contribution in [0, 0.1) is 6.92 Å². The van der Waals surface area contributed by atoms with Crippen LogP contribution in [-0.4, -0.2) is 39.5 Å². The van der Waals surface area contributed by atoms with Crippen LogP contribution in [0.15, 0.2) is 6.20 Å². The second-order valence-electron chi connectivity index (χ2n) is 3.18. The number of carbonyl (C=O) groups is 1. The number of rotatable bonds is 3. The van der Waals surface area contributed by atoms with E-state index in [9.17, 15) is 4.79 Å². The van der Waals surface area contributed by atoms with E-state index in [1.807, 2.05) is 14.0 Å². The van der Waals surface area contributed by atoms with Crippen LogP contribution in [0.4, 0.5) is 0 Å². The zero-order valence-corrected chi connectivity index (χ0v) is 10.2. The molecule has 0 saturated carbocycles. The third-order valence-electron chi connectivity index (χ3n) is 2.23. The number of amides is 1. The van der Waals surface area contributed by atoms with Crippen molar-refractivity contribution in [1.82, 2.24) is 14.7 Å². The highest BCUT2D eigenvalue weighted by Gasteiger charge is 2.16. The molecule has 1 aromatic heterocycles. The lowest BCUT2D eigenvalue weighted by molar-refractivity contribution is 0.0803. The minimum atomic E-state index is 0.0232. The summed E-state index contributed by atoms with van der Waals surface area (Å²) in [6, 6.07) is 0. The molecule has 0 fully saturated rings. The van der Waals surface area contributed by atoms with Gasteiger partial charge in [-0.1, -0.05) is 15.9 Å². The van der Waals surface area contributed by atoms with E-state index in [4.69, 9.17) is 0 Å². The maximum absolute atomic E-state index is 11.8. The molecule has 5 heteroatoms. The summed E-state index contributed by atoms with van der Waals surface area (Å²) < 4.78 is 1.70. The molecule has 0 radical (unpaired) electrons. The van der Waals surface area contributed by atoms with Gasteiger partial charge < -0.3 is 4.90 Å². The lowest BCUT2D eigenvalue weighted by atomic mass is 10.2. The van der Waals surface area contributed by atoms with Crippen molar-refractivity contribution in [2.45, 2.75) is 6.92 Å². The average molecular weight is 260 g/mol. The molecule has 0 saturated heterocycles. The van der Waals surface area contributed by atoms with Crippen molar-refractivity contribution in [3.8, 4) is 0 Å². The number of halogens is 1. The van der Waals surface area contributed by atoms with Crippen LogP contribution in [-0.2, 0) is 7.05 Å². The predicted octanol–water partition coefficient (Wildman–Crippen LogP) is 1.20. The Morgan fingerprint density at radius 3 is 2.79 bits per heavy atom. The van der Waals surface area contributed by atoms with E-state index in [1.165, 1.54) is 0 Å². The topological polar surface area (TPSA) is 38.1 Å². The van der Waals surface area contributed by atoms with Gasteiger partial charge in [-0.15, -0.1) is 0 Å². The molecule has 78 valence electrons. The number of aromatic nitrogens is 2. The first-order chi connectivity index (χ1) is 6.57. The van der Waals surface area contributed by atoms with Crippen molar-refractivity contribution in [1.29, 1.82) is 0 Å². The average Bonchev–Trinajstić information content (AvgIpc) is 2.47. The van der Waals surface area contributed by atoms with Crippen LogP contribution < -0.4 is 0 Å². The van der Waals surface area contributed by atoms with E-state index >= 15 is 0 Å². The molecule has 0 aliphatic heterocycles. The van der Waals surface area contributed by atoms with Crippen molar-refractivity contribution >= 4 is 21.8 Å². The predicted molar refractivity (Wildman–Crippen MR) is 58.7 cm³/mol. The number of hydrogen-bond acceptors (Lipinski definition) is 2. The Kier molecular flexibility index (Phi) is 3.69. The molecule has 0 aliphatic carbocycles. The lowest BCUT2D eigenvalue weighted by Crippen LogP contribution is -2.28. The van der Waals surface area contributed by atoms with Gasteiger partial charge in [-0.05, 0) is 6.92 Å². The second-order valence-corrected chi connectivity index (χ2v) is 3.98. The smallest absolute Gasteiger partial charge is 0.257 e. The van der Waals surface area contributed by atoms with Crippen LogP contribution in [0.3, 0.4) is 0 Å². The van der Waals surface area contributed by atoms with Gasteiger partial charge in [0.25, 0.3) is 5.91 Å².